The van der Waals surface area contributed by atoms with Crippen LogP contribution in [0.25, 0.3) is 0 Å². The van der Waals surface area contributed by atoms with Crippen LogP contribution in [0.1, 0.15) is 42.2 Å². The smallest absolute Gasteiger partial charge is 0.356 e. The Morgan fingerprint density at radius 2 is 2.07 bits per heavy atom. The number of hydrogen-bond acceptors (Lipinski definition) is 6. The molecule has 1 aromatic carbocycles. The molecule has 0 aliphatic heterocycles. The first-order valence-corrected chi connectivity index (χ1v) is 9.83. The second-order valence-electron chi connectivity index (χ2n) is 6.89. The van der Waals surface area contributed by atoms with E-state index in [4.69, 9.17) is 18.9 Å². The monoisotopic (exact) mass is 388 g/mol. The van der Waals surface area contributed by atoms with Crippen LogP contribution in [0.2, 0.25) is 0 Å². The molecule has 7 nitrogen and oxygen atoms in total. The molecule has 3 rings (SSSR count). The van der Waals surface area contributed by atoms with E-state index in [1.807, 2.05) is 30.3 Å². The normalized spacial score (nSPS) is 14.6. The van der Waals surface area contributed by atoms with Crippen LogP contribution in [-0.4, -0.2) is 48.7 Å². The van der Waals surface area contributed by atoms with Gasteiger partial charge in [0.15, 0.2) is 0 Å². The van der Waals surface area contributed by atoms with Gasteiger partial charge in [-0.05, 0) is 31.2 Å². The van der Waals surface area contributed by atoms with Crippen LogP contribution in [0, 0.1) is 5.92 Å². The molecule has 7 heteroatoms. The van der Waals surface area contributed by atoms with Crippen LogP contribution in [-0.2, 0) is 20.8 Å². The zero-order valence-corrected chi connectivity index (χ0v) is 16.3. The summed E-state index contributed by atoms with van der Waals surface area (Å²) in [5, 5.41) is 6.69. The van der Waals surface area contributed by atoms with Gasteiger partial charge in [-0.1, -0.05) is 30.3 Å². The predicted octanol–water partition coefficient (Wildman–Crippen LogP) is 3.37. The zero-order chi connectivity index (χ0) is 19.6. The van der Waals surface area contributed by atoms with Gasteiger partial charge in [-0.2, -0.15) is 0 Å². The lowest BCUT2D eigenvalue weighted by molar-refractivity contribution is 0.0162. The molecule has 1 heterocycles. The molecule has 1 aliphatic carbocycles. The molecule has 2 aromatic rings. The summed E-state index contributed by atoms with van der Waals surface area (Å²) in [5.41, 5.74) is 1.38. The summed E-state index contributed by atoms with van der Waals surface area (Å²) in [6.45, 7) is 4.40. The van der Waals surface area contributed by atoms with Crippen molar-refractivity contribution in [2.75, 3.05) is 26.4 Å². The number of aromatic nitrogens is 2. The van der Waals surface area contributed by atoms with Gasteiger partial charge < -0.3 is 18.9 Å². The molecule has 1 atom stereocenters. The predicted molar refractivity (Wildman–Crippen MR) is 103 cm³/mol. The van der Waals surface area contributed by atoms with Crippen LogP contribution in [0.4, 0.5) is 0 Å². The third-order valence-electron chi connectivity index (χ3n) is 4.39. The number of hydrogen-bond donors (Lipinski definition) is 1. The summed E-state index contributed by atoms with van der Waals surface area (Å²) in [7, 11) is 0. The molecule has 1 fully saturated rings. The molecule has 1 aliphatic rings. The first-order valence-electron chi connectivity index (χ1n) is 9.83. The number of aromatic amines is 1. The van der Waals surface area contributed by atoms with Crippen LogP contribution < -0.4 is 4.74 Å². The van der Waals surface area contributed by atoms with Crippen molar-refractivity contribution < 1.29 is 23.7 Å². The minimum Gasteiger partial charge on any atom is -0.471 e. The third kappa shape index (κ3) is 6.98. The summed E-state index contributed by atoms with van der Waals surface area (Å²) in [4.78, 5) is 11.8. The summed E-state index contributed by atoms with van der Waals surface area (Å²) >= 11 is 0. The van der Waals surface area contributed by atoms with Crippen molar-refractivity contribution in [1.29, 1.82) is 0 Å². The summed E-state index contributed by atoms with van der Waals surface area (Å²) < 4.78 is 22.4. The fraction of sp³-hybridized carbons (Fsp3) is 0.524. The van der Waals surface area contributed by atoms with Crippen LogP contribution in [0.3, 0.4) is 0 Å². The van der Waals surface area contributed by atoms with Crippen molar-refractivity contribution in [3.05, 3.63) is 47.7 Å². The molecule has 0 amide bonds. The maximum absolute atomic E-state index is 11.8. The minimum absolute atomic E-state index is 0.221. The highest BCUT2D eigenvalue weighted by molar-refractivity contribution is 5.87. The van der Waals surface area contributed by atoms with E-state index >= 15 is 0 Å². The Morgan fingerprint density at radius 3 is 2.82 bits per heavy atom. The van der Waals surface area contributed by atoms with E-state index in [0.29, 0.717) is 38.7 Å². The number of carbonyl (C=O) groups excluding carboxylic acids is 1. The van der Waals surface area contributed by atoms with E-state index in [2.05, 4.69) is 10.2 Å². The molecule has 0 bridgehead atoms. The Hall–Kier alpha value is -2.38. The first kappa shape index (κ1) is 20.4. The minimum atomic E-state index is -0.450. The lowest BCUT2D eigenvalue weighted by Crippen LogP contribution is -2.25. The van der Waals surface area contributed by atoms with Crippen molar-refractivity contribution in [2.24, 2.45) is 5.92 Å². The lowest BCUT2D eigenvalue weighted by Gasteiger charge is -2.18. The quantitative estimate of drug-likeness (QED) is 0.418. The SMILES string of the molecule is CCOC(=O)c1cc(OC(CCOCC2CC2)COCc2ccccc2)n[nH]1. The summed E-state index contributed by atoms with van der Waals surface area (Å²) in [5.74, 6) is 0.625. The highest BCUT2D eigenvalue weighted by Gasteiger charge is 2.22. The van der Waals surface area contributed by atoms with Gasteiger partial charge >= 0.3 is 5.97 Å². The molecule has 1 saturated carbocycles. The number of benzene rings is 1. The molecular formula is C21H28N2O5. The van der Waals surface area contributed by atoms with Gasteiger partial charge in [0.2, 0.25) is 5.88 Å². The topological polar surface area (TPSA) is 82.7 Å². The van der Waals surface area contributed by atoms with Crippen molar-refractivity contribution in [2.45, 2.75) is 38.9 Å². The van der Waals surface area contributed by atoms with Gasteiger partial charge in [-0.3, -0.25) is 5.10 Å². The highest BCUT2D eigenvalue weighted by Crippen LogP contribution is 2.28. The molecule has 152 valence electrons. The van der Waals surface area contributed by atoms with Gasteiger partial charge in [0.05, 0.1) is 26.4 Å². The molecule has 1 aromatic heterocycles. The fourth-order valence-electron chi connectivity index (χ4n) is 2.66. The van der Waals surface area contributed by atoms with E-state index in [9.17, 15) is 4.79 Å². The Labute approximate surface area is 165 Å². The van der Waals surface area contributed by atoms with Crippen molar-refractivity contribution in [1.82, 2.24) is 10.2 Å². The molecule has 1 unspecified atom stereocenters. The highest BCUT2D eigenvalue weighted by atomic mass is 16.5. The van der Waals surface area contributed by atoms with Crippen molar-refractivity contribution in [3.8, 4) is 5.88 Å². The molecule has 0 radical (unpaired) electrons. The molecule has 0 spiro atoms. The van der Waals surface area contributed by atoms with E-state index in [1.165, 1.54) is 12.8 Å². The van der Waals surface area contributed by atoms with E-state index in [0.717, 1.165) is 18.1 Å². The second kappa shape index (κ2) is 10.8. The molecule has 0 saturated heterocycles. The third-order valence-corrected chi connectivity index (χ3v) is 4.39. The number of rotatable bonds is 13. The van der Waals surface area contributed by atoms with Gasteiger partial charge in [0.25, 0.3) is 0 Å². The van der Waals surface area contributed by atoms with Gasteiger partial charge in [-0.25, -0.2) is 4.79 Å². The van der Waals surface area contributed by atoms with Gasteiger partial charge in [0, 0.05) is 19.1 Å². The fourth-order valence-corrected chi connectivity index (χ4v) is 2.66. The first-order chi connectivity index (χ1) is 13.7. The number of esters is 1. The van der Waals surface area contributed by atoms with Crippen molar-refractivity contribution in [3.63, 3.8) is 0 Å². The van der Waals surface area contributed by atoms with Gasteiger partial charge in [-0.15, -0.1) is 5.10 Å². The average molecular weight is 388 g/mol. The van der Waals surface area contributed by atoms with Crippen molar-refractivity contribution >= 4 is 5.97 Å². The van der Waals surface area contributed by atoms with E-state index in [1.54, 1.807) is 13.0 Å². The standard InChI is InChI=1S/C21H28N2O5/c1-2-27-21(24)19-12-20(23-22-19)28-18(10-11-25-13-17-8-9-17)15-26-14-16-6-4-3-5-7-16/h3-7,12,17-18H,2,8-11,13-15H2,1H3,(H,22,23). The number of nitrogens with one attached hydrogen (secondary N) is 1. The van der Waals surface area contributed by atoms with Gasteiger partial charge in [0.1, 0.15) is 11.8 Å². The Balaban J connectivity index is 1.49. The second-order valence-corrected chi connectivity index (χ2v) is 6.89. The Kier molecular flexibility index (Phi) is 7.87. The molecule has 1 N–H and O–H groups in total. The van der Waals surface area contributed by atoms with E-state index in [-0.39, 0.29) is 11.8 Å². The Bertz CT molecular complexity index is 715. The van der Waals surface area contributed by atoms with E-state index < -0.39 is 5.97 Å². The maximum Gasteiger partial charge on any atom is 0.356 e. The summed E-state index contributed by atoms with van der Waals surface area (Å²) in [6, 6.07) is 11.5. The number of ether oxygens (including phenoxy) is 4. The lowest BCUT2D eigenvalue weighted by atomic mass is 10.2. The molecular weight excluding hydrogens is 360 g/mol. The Morgan fingerprint density at radius 1 is 1.25 bits per heavy atom. The maximum atomic E-state index is 11.8. The number of carbonyl (C=O) groups is 1. The number of nitrogens with zero attached hydrogens (tertiary/aromatic N) is 1. The summed E-state index contributed by atoms with van der Waals surface area (Å²) in [6.07, 6.45) is 3.00. The largest absolute Gasteiger partial charge is 0.471 e. The van der Waals surface area contributed by atoms with Crippen LogP contribution in [0.5, 0.6) is 5.88 Å². The zero-order valence-electron chi connectivity index (χ0n) is 16.3. The average Bonchev–Trinajstić information content (AvgIpc) is 3.42. The number of H-pyrrole nitrogens is 1. The van der Waals surface area contributed by atoms with Crippen LogP contribution in [0.15, 0.2) is 36.4 Å². The molecule has 28 heavy (non-hydrogen) atoms. The van der Waals surface area contributed by atoms with Crippen LogP contribution >= 0.6 is 0 Å².